The Morgan fingerprint density at radius 3 is 2.40 bits per heavy atom. The predicted octanol–water partition coefficient (Wildman–Crippen LogP) is 3.47. The molecule has 0 unspecified atom stereocenters. The molecule has 4 heterocycles. The summed E-state index contributed by atoms with van der Waals surface area (Å²) in [6.45, 7) is 12.8. The van der Waals surface area contributed by atoms with Crippen LogP contribution in [0.5, 0.6) is 0 Å². The number of benzene rings is 1. The molecule has 4 bridgehead atoms. The van der Waals surface area contributed by atoms with Gasteiger partial charge in [-0.05, 0) is 12.5 Å². The second-order valence-corrected chi connectivity index (χ2v) is 9.19. The summed E-state index contributed by atoms with van der Waals surface area (Å²) in [5.74, 6) is 0. The van der Waals surface area contributed by atoms with E-state index in [1.165, 1.54) is 60.3 Å². The van der Waals surface area contributed by atoms with E-state index in [1.54, 1.807) is 0 Å². The third kappa shape index (κ3) is 2.06. The first-order valence-corrected chi connectivity index (χ1v) is 8.50. The van der Waals surface area contributed by atoms with Gasteiger partial charge in [0.15, 0.2) is 0 Å². The van der Waals surface area contributed by atoms with Gasteiger partial charge in [-0.3, -0.25) is 4.90 Å². The molecule has 20 heavy (non-hydrogen) atoms. The van der Waals surface area contributed by atoms with E-state index in [0.717, 1.165) is 0 Å². The van der Waals surface area contributed by atoms with Gasteiger partial charge in [0.25, 0.3) is 0 Å². The second kappa shape index (κ2) is 4.08. The molecule has 4 aliphatic rings. The van der Waals surface area contributed by atoms with Crippen molar-refractivity contribution in [3.05, 3.63) is 34.3 Å². The van der Waals surface area contributed by atoms with Gasteiger partial charge in [0.2, 0.25) is 0 Å². The van der Waals surface area contributed by atoms with Crippen molar-refractivity contribution in [3.63, 3.8) is 0 Å². The van der Waals surface area contributed by atoms with Crippen LogP contribution >= 0.6 is 15.9 Å². The van der Waals surface area contributed by atoms with E-state index in [-0.39, 0.29) is 0 Å². The average molecular weight is 336 g/mol. The molecule has 108 valence electrons. The molecule has 2 atom stereocenters. The van der Waals surface area contributed by atoms with Crippen LogP contribution in [0, 0.1) is 10.8 Å². The largest absolute Gasteiger partial charge is 0.306 e. The van der Waals surface area contributed by atoms with Crippen LogP contribution in [0.3, 0.4) is 0 Å². The third-order valence-electron chi connectivity index (χ3n) is 5.46. The Balaban J connectivity index is 1.69. The zero-order chi connectivity index (χ0) is 14.0. The Kier molecular flexibility index (Phi) is 2.72. The van der Waals surface area contributed by atoms with Gasteiger partial charge < -0.3 is 4.48 Å². The van der Waals surface area contributed by atoms with Gasteiger partial charge in [-0.25, -0.2) is 0 Å². The maximum Gasteiger partial charge on any atom is 0.135 e. The lowest BCUT2D eigenvalue weighted by Gasteiger charge is -2.66. The highest BCUT2D eigenvalue weighted by Crippen LogP contribution is 2.52. The summed E-state index contributed by atoms with van der Waals surface area (Å²) >= 11 is 3.74. The van der Waals surface area contributed by atoms with Crippen LogP contribution in [0.4, 0.5) is 0 Å². The number of nitrogens with zero attached hydrogens (tertiary/aromatic N) is 2. The van der Waals surface area contributed by atoms with E-state index < -0.39 is 0 Å². The summed E-state index contributed by atoms with van der Waals surface area (Å²) < 4.78 is 2.55. The van der Waals surface area contributed by atoms with Gasteiger partial charge >= 0.3 is 0 Å². The second-order valence-electron chi connectivity index (χ2n) is 8.33. The van der Waals surface area contributed by atoms with Crippen LogP contribution in [-0.2, 0) is 6.54 Å². The molecule has 5 rings (SSSR count). The topological polar surface area (TPSA) is 3.24 Å². The fraction of sp³-hybridized carbons (Fsp3) is 0.647. The van der Waals surface area contributed by atoms with Crippen LogP contribution in [0.2, 0.25) is 0 Å². The van der Waals surface area contributed by atoms with Gasteiger partial charge in [-0.15, -0.1) is 0 Å². The zero-order valence-electron chi connectivity index (χ0n) is 12.5. The smallest absolute Gasteiger partial charge is 0.135 e. The van der Waals surface area contributed by atoms with Gasteiger partial charge in [0, 0.05) is 34.0 Å². The molecule has 1 aromatic rings. The number of rotatable bonds is 2. The zero-order valence-corrected chi connectivity index (χ0v) is 14.1. The summed E-state index contributed by atoms with van der Waals surface area (Å²) in [5, 5.41) is 0. The number of hydrogen-bond donors (Lipinski definition) is 0. The summed E-state index contributed by atoms with van der Waals surface area (Å²) in [6, 6.07) is 8.77. The minimum absolute atomic E-state index is 0.532. The van der Waals surface area contributed by atoms with Crippen molar-refractivity contribution in [2.24, 2.45) is 10.8 Å². The first-order valence-electron chi connectivity index (χ1n) is 7.70. The standard InChI is InChI=1S/C17H24BrN2/c1-16-8-17(2)10-19(9-16)13-20(11-16,12-17)7-14-5-3-4-6-15(14)18/h3-6H,7-13H2,1-2H3/q+1/t16-,17-/m1/s1. The highest BCUT2D eigenvalue weighted by molar-refractivity contribution is 9.10. The SMILES string of the molecule is C[C@]12CN3C[C@@](C)(C1)C[N+](Cc1ccccc1Br)(C3)C2. The molecule has 0 amide bonds. The van der Waals surface area contributed by atoms with Gasteiger partial charge in [0.1, 0.15) is 13.2 Å². The van der Waals surface area contributed by atoms with E-state index in [9.17, 15) is 0 Å². The molecule has 4 aliphatic heterocycles. The minimum atomic E-state index is 0.532. The van der Waals surface area contributed by atoms with E-state index in [2.05, 4.69) is 58.9 Å². The molecule has 2 nitrogen and oxygen atoms in total. The highest BCUT2D eigenvalue weighted by atomic mass is 79.9. The number of quaternary nitrogens is 1. The Hall–Kier alpha value is -0.380. The molecular formula is C17H24BrN2+. The Labute approximate surface area is 130 Å². The van der Waals surface area contributed by atoms with Gasteiger partial charge in [0.05, 0.1) is 13.1 Å². The van der Waals surface area contributed by atoms with Crippen molar-refractivity contribution in [2.45, 2.75) is 26.8 Å². The lowest BCUT2D eigenvalue weighted by molar-refractivity contribution is -0.981. The first kappa shape index (κ1) is 13.3. The molecule has 0 aliphatic carbocycles. The molecule has 1 aromatic carbocycles. The fourth-order valence-electron chi connectivity index (χ4n) is 5.94. The van der Waals surface area contributed by atoms with E-state index in [4.69, 9.17) is 0 Å². The lowest BCUT2D eigenvalue weighted by Crippen LogP contribution is -2.77. The Bertz CT molecular complexity index is 538. The number of hydrogen-bond acceptors (Lipinski definition) is 1. The molecule has 0 radical (unpaired) electrons. The molecule has 0 spiro atoms. The van der Waals surface area contributed by atoms with Crippen LogP contribution in [0.25, 0.3) is 0 Å². The van der Waals surface area contributed by atoms with Crippen LogP contribution < -0.4 is 0 Å². The number of piperidine rings is 2. The van der Waals surface area contributed by atoms with E-state index in [1.807, 2.05) is 0 Å². The lowest BCUT2D eigenvalue weighted by atomic mass is 9.63. The summed E-state index contributed by atoms with van der Waals surface area (Å²) in [7, 11) is 0. The highest BCUT2D eigenvalue weighted by Gasteiger charge is 2.60. The van der Waals surface area contributed by atoms with Crippen LogP contribution in [0.1, 0.15) is 25.8 Å². The minimum Gasteiger partial charge on any atom is -0.306 e. The van der Waals surface area contributed by atoms with Crippen molar-refractivity contribution in [1.82, 2.24) is 4.90 Å². The summed E-state index contributed by atoms with van der Waals surface area (Å²) in [5.41, 5.74) is 2.54. The fourth-order valence-corrected chi connectivity index (χ4v) is 6.35. The van der Waals surface area contributed by atoms with E-state index >= 15 is 0 Å². The normalized spacial score (nSPS) is 45.9. The maximum atomic E-state index is 3.74. The molecule has 4 saturated heterocycles. The summed E-state index contributed by atoms with van der Waals surface area (Å²) in [4.78, 5) is 2.73. The van der Waals surface area contributed by atoms with Crippen molar-refractivity contribution in [3.8, 4) is 0 Å². The van der Waals surface area contributed by atoms with Crippen LogP contribution in [0.15, 0.2) is 28.7 Å². The van der Waals surface area contributed by atoms with Crippen molar-refractivity contribution >= 4 is 15.9 Å². The van der Waals surface area contributed by atoms with Crippen molar-refractivity contribution in [2.75, 3.05) is 32.8 Å². The quantitative estimate of drug-likeness (QED) is 0.748. The molecular weight excluding hydrogens is 312 g/mol. The molecule has 4 fully saturated rings. The molecule has 0 aromatic heterocycles. The maximum absolute atomic E-state index is 3.74. The van der Waals surface area contributed by atoms with E-state index in [0.29, 0.717) is 10.8 Å². The van der Waals surface area contributed by atoms with Crippen molar-refractivity contribution < 1.29 is 4.48 Å². The molecule has 3 heteroatoms. The van der Waals surface area contributed by atoms with Gasteiger partial charge in [-0.1, -0.05) is 48.0 Å². The Morgan fingerprint density at radius 2 is 1.80 bits per heavy atom. The summed E-state index contributed by atoms with van der Waals surface area (Å²) in [6.07, 6.45) is 1.42. The predicted molar refractivity (Wildman–Crippen MR) is 85.1 cm³/mol. The Morgan fingerprint density at radius 1 is 1.15 bits per heavy atom. The molecule has 0 N–H and O–H groups in total. The van der Waals surface area contributed by atoms with Crippen LogP contribution in [-0.4, -0.2) is 42.2 Å². The monoisotopic (exact) mass is 335 g/mol. The van der Waals surface area contributed by atoms with Crippen molar-refractivity contribution in [1.29, 1.82) is 0 Å². The average Bonchev–Trinajstić information content (AvgIpc) is 2.27. The number of halogens is 1. The first-order chi connectivity index (χ1) is 9.40. The molecule has 0 saturated carbocycles. The van der Waals surface area contributed by atoms with Gasteiger partial charge in [-0.2, -0.15) is 0 Å². The third-order valence-corrected chi connectivity index (χ3v) is 6.24.